The van der Waals surface area contributed by atoms with Gasteiger partial charge in [0.1, 0.15) is 12.3 Å². The highest BCUT2D eigenvalue weighted by atomic mass is 28.4. The second-order valence-corrected chi connectivity index (χ2v) is 14.0. The smallest absolute Gasteiger partial charge is 0.302 e. The number of rotatable bonds is 6. The number of esters is 1. The summed E-state index contributed by atoms with van der Waals surface area (Å²) in [5, 5.41) is 11.2. The number of carbonyl (C=O) groups excluding carboxylic acids is 1. The van der Waals surface area contributed by atoms with E-state index in [0.717, 1.165) is 12.8 Å². The predicted octanol–water partition coefficient (Wildman–Crippen LogP) is 3.90. The van der Waals surface area contributed by atoms with Gasteiger partial charge in [-0.1, -0.05) is 13.8 Å². The molecular weight excluding hydrogens is 392 g/mol. The Morgan fingerprint density at radius 1 is 1.48 bits per heavy atom. The lowest BCUT2D eigenvalue weighted by Gasteiger charge is -2.47. The fraction of sp³-hybridized carbons (Fsp3) is 0.700. The van der Waals surface area contributed by atoms with Crippen molar-refractivity contribution < 1.29 is 24.0 Å². The number of carbonyl (C=O) groups is 1. The first-order chi connectivity index (χ1) is 13.4. The van der Waals surface area contributed by atoms with Crippen molar-refractivity contribution in [3.63, 3.8) is 0 Å². The van der Waals surface area contributed by atoms with Crippen LogP contribution >= 0.6 is 0 Å². The van der Waals surface area contributed by atoms with E-state index in [1.807, 2.05) is 13.1 Å². The monoisotopic (exact) mass is 422 g/mol. The molecule has 2 aliphatic rings. The minimum absolute atomic E-state index is 0.0579. The van der Waals surface area contributed by atoms with E-state index in [1.165, 1.54) is 19.3 Å². The van der Waals surface area contributed by atoms with E-state index in [1.54, 1.807) is 6.07 Å². The van der Waals surface area contributed by atoms with Gasteiger partial charge in [0.15, 0.2) is 8.32 Å². The summed E-state index contributed by atoms with van der Waals surface area (Å²) in [6, 6.07) is 1.61. The van der Waals surface area contributed by atoms with E-state index < -0.39 is 31.0 Å². The van der Waals surface area contributed by atoms with E-state index in [0.29, 0.717) is 18.4 Å². The zero-order chi connectivity index (χ0) is 21.6. The minimum atomic E-state index is -2.47. The van der Waals surface area contributed by atoms with Crippen LogP contribution in [-0.2, 0) is 14.3 Å². The van der Waals surface area contributed by atoms with Crippen LogP contribution in [-0.4, -0.2) is 40.7 Å². The van der Waals surface area contributed by atoms with Crippen LogP contribution in [0.2, 0.25) is 18.1 Å². The molecule has 1 aromatic heterocycles. The Kier molecular flexibility index (Phi) is 5.61. The lowest BCUT2D eigenvalue weighted by molar-refractivity contribution is -0.386. The molecule has 0 bridgehead atoms. The first-order valence-electron chi connectivity index (χ1n) is 10.0. The molecule has 1 saturated heterocycles. The van der Waals surface area contributed by atoms with Gasteiger partial charge in [0.2, 0.25) is 0 Å². The quantitative estimate of drug-likeness (QED) is 0.320. The molecule has 160 valence electrons. The van der Waals surface area contributed by atoms with Gasteiger partial charge in [0.05, 0.1) is 22.2 Å². The number of nitrogens with zero attached hydrogens (tertiary/aromatic N) is 2. The third-order valence-corrected chi connectivity index (χ3v) is 10.3. The van der Waals surface area contributed by atoms with Crippen LogP contribution < -0.4 is 0 Å². The topological polar surface area (TPSA) is 112 Å². The summed E-state index contributed by atoms with van der Waals surface area (Å²) in [6.45, 7) is 9.33. The molecule has 3 atom stereocenters. The van der Waals surface area contributed by atoms with Gasteiger partial charge in [-0.15, -0.1) is 0 Å². The van der Waals surface area contributed by atoms with Crippen LogP contribution in [0.25, 0.3) is 0 Å². The van der Waals surface area contributed by atoms with E-state index in [9.17, 15) is 19.7 Å². The largest absolute Gasteiger partial charge is 0.462 e. The highest BCUT2D eigenvalue weighted by Crippen LogP contribution is 2.60. The number of ether oxygens (including phenoxy) is 2. The van der Waals surface area contributed by atoms with Crippen LogP contribution in [0.4, 0.5) is 5.69 Å². The van der Waals surface area contributed by atoms with Crippen molar-refractivity contribution in [2.75, 3.05) is 0 Å². The van der Waals surface area contributed by atoms with Gasteiger partial charge in [-0.3, -0.25) is 19.9 Å². The molecule has 0 unspecified atom stereocenters. The van der Waals surface area contributed by atoms with Gasteiger partial charge in [-0.2, -0.15) is 0 Å². The molecule has 2 heterocycles. The van der Waals surface area contributed by atoms with Crippen molar-refractivity contribution in [1.29, 1.82) is 0 Å². The van der Waals surface area contributed by atoms with Crippen LogP contribution in [0.15, 0.2) is 18.5 Å². The number of nitro groups is 1. The van der Waals surface area contributed by atoms with Crippen LogP contribution in [0.3, 0.4) is 0 Å². The molecule has 1 aromatic rings. The van der Waals surface area contributed by atoms with Gasteiger partial charge < -0.3 is 14.3 Å². The first-order valence-corrected chi connectivity index (χ1v) is 13.0. The average Bonchev–Trinajstić information content (AvgIpc) is 3.36. The molecule has 1 N–H and O–H groups in total. The third kappa shape index (κ3) is 4.36. The van der Waals surface area contributed by atoms with Crippen molar-refractivity contribution in [3.8, 4) is 0 Å². The van der Waals surface area contributed by atoms with E-state index in [-0.39, 0.29) is 22.6 Å². The summed E-state index contributed by atoms with van der Waals surface area (Å²) in [5.41, 5.74) is -0.0996. The number of hydrogen-bond acceptors (Lipinski definition) is 7. The number of pyridine rings is 1. The van der Waals surface area contributed by atoms with E-state index in [4.69, 9.17) is 9.47 Å². The van der Waals surface area contributed by atoms with Crippen molar-refractivity contribution >= 4 is 20.0 Å². The Balaban J connectivity index is 1.94. The SMILES string of the molecule is CC(=O)O[C@@H]1C[C@H](c2ccncc2[N+](=O)[O-])OC2(CC2)[C@H]1CC(C)(C)[Si](C)(C)O. The second-order valence-electron chi connectivity index (χ2n) is 9.50. The Bertz CT molecular complexity index is 802. The molecule has 1 aliphatic heterocycles. The standard InChI is InChI=1S/C20H30N2O6Si/c1-13(23)27-18-10-17(14-6-9-21-12-16(14)22(24)25)28-20(7-8-20)15(18)11-19(2,3)29(4,5)26/h6,9,12,15,17-18,26H,7-8,10-11H2,1-5H3/t15-,17+,18+/m0/s1. The molecule has 3 rings (SSSR count). The fourth-order valence-corrected chi connectivity index (χ4v) is 4.94. The van der Waals surface area contributed by atoms with Gasteiger partial charge in [-0.25, -0.2) is 0 Å². The molecule has 29 heavy (non-hydrogen) atoms. The molecule has 1 aliphatic carbocycles. The van der Waals surface area contributed by atoms with Gasteiger partial charge in [0.25, 0.3) is 5.69 Å². The van der Waals surface area contributed by atoms with Crippen LogP contribution in [0.5, 0.6) is 0 Å². The van der Waals surface area contributed by atoms with Crippen molar-refractivity contribution in [3.05, 3.63) is 34.1 Å². The van der Waals surface area contributed by atoms with E-state index >= 15 is 0 Å². The zero-order valence-corrected chi connectivity index (χ0v) is 18.7. The van der Waals surface area contributed by atoms with Crippen molar-refractivity contribution in [1.82, 2.24) is 4.98 Å². The minimum Gasteiger partial charge on any atom is -0.462 e. The highest BCUT2D eigenvalue weighted by Gasteiger charge is 2.61. The summed E-state index contributed by atoms with van der Waals surface area (Å²) in [7, 11) is -2.47. The maximum absolute atomic E-state index is 11.8. The molecule has 2 fully saturated rings. The molecule has 1 spiro atoms. The Hall–Kier alpha value is -1.84. The normalized spacial score (nSPS) is 26.2. The summed E-state index contributed by atoms with van der Waals surface area (Å²) < 4.78 is 12.2. The molecule has 0 radical (unpaired) electrons. The summed E-state index contributed by atoms with van der Waals surface area (Å²) in [6.07, 6.45) is 4.44. The molecule has 9 heteroatoms. The molecule has 8 nitrogen and oxygen atoms in total. The summed E-state index contributed by atoms with van der Waals surface area (Å²) in [5.74, 6) is -0.434. The lowest BCUT2D eigenvalue weighted by atomic mass is 9.79. The van der Waals surface area contributed by atoms with Gasteiger partial charge in [0, 0.05) is 25.5 Å². The van der Waals surface area contributed by atoms with Crippen molar-refractivity contribution in [2.45, 2.75) is 82.4 Å². The highest BCUT2D eigenvalue weighted by molar-refractivity contribution is 6.72. The van der Waals surface area contributed by atoms with Gasteiger partial charge in [-0.05, 0) is 43.5 Å². The zero-order valence-electron chi connectivity index (χ0n) is 17.7. The van der Waals surface area contributed by atoms with Crippen LogP contribution in [0, 0.1) is 16.0 Å². The Morgan fingerprint density at radius 2 is 2.14 bits per heavy atom. The van der Waals surface area contributed by atoms with E-state index in [2.05, 4.69) is 18.8 Å². The summed E-state index contributed by atoms with van der Waals surface area (Å²) in [4.78, 5) is 37.5. The molecule has 1 saturated carbocycles. The maximum atomic E-state index is 11.8. The van der Waals surface area contributed by atoms with Crippen molar-refractivity contribution in [2.24, 2.45) is 5.92 Å². The second kappa shape index (κ2) is 7.44. The number of aromatic nitrogens is 1. The molecule has 0 aromatic carbocycles. The Morgan fingerprint density at radius 3 is 2.66 bits per heavy atom. The van der Waals surface area contributed by atoms with Gasteiger partial charge >= 0.3 is 5.97 Å². The summed E-state index contributed by atoms with van der Waals surface area (Å²) >= 11 is 0. The van der Waals surface area contributed by atoms with Crippen LogP contribution in [0.1, 0.15) is 58.1 Å². The maximum Gasteiger partial charge on any atom is 0.302 e. The average molecular weight is 423 g/mol. The fourth-order valence-electron chi connectivity index (χ4n) is 4.22. The molecular formula is C20H30N2O6Si. The third-order valence-electron chi connectivity index (χ3n) is 6.77. The number of hydrogen-bond donors (Lipinski definition) is 1. The molecule has 0 amide bonds. The Labute approximate surface area is 171 Å². The predicted molar refractivity (Wildman–Crippen MR) is 109 cm³/mol. The lowest BCUT2D eigenvalue weighted by Crippen LogP contribution is -2.49. The first kappa shape index (κ1) is 21.9.